The summed E-state index contributed by atoms with van der Waals surface area (Å²) in [6.45, 7) is 3.80. The summed E-state index contributed by atoms with van der Waals surface area (Å²) >= 11 is 0. The van der Waals surface area contributed by atoms with E-state index in [1.165, 1.54) is 66.7 Å². The first kappa shape index (κ1) is 34.8. The van der Waals surface area contributed by atoms with E-state index in [-0.39, 0.29) is 24.5 Å². The second-order valence-corrected chi connectivity index (χ2v) is 17.1. The Bertz CT molecular complexity index is 2490. The van der Waals surface area contributed by atoms with Crippen molar-refractivity contribution in [1.29, 1.82) is 0 Å². The predicted molar refractivity (Wildman–Crippen MR) is 191 cm³/mol. The number of hydrogen-bond acceptors (Lipinski definition) is 7. The molecule has 0 saturated carbocycles. The largest absolute Gasteiger partial charge is 0.457 e. The summed E-state index contributed by atoms with van der Waals surface area (Å²) < 4.78 is 93.0. The Balaban J connectivity index is 1.14. The minimum absolute atomic E-state index is 0.0571. The first-order valence-electron chi connectivity index (χ1n) is 15.4. The topological polar surface area (TPSA) is 132 Å². The third-order valence-electron chi connectivity index (χ3n) is 8.16. The minimum Gasteiger partial charge on any atom is -0.457 e. The molecule has 0 amide bonds. The van der Waals surface area contributed by atoms with Gasteiger partial charge in [-0.25, -0.2) is 16.8 Å². The van der Waals surface area contributed by atoms with Gasteiger partial charge in [-0.3, -0.25) is 4.55 Å². The van der Waals surface area contributed by atoms with Crippen LogP contribution in [0.1, 0.15) is 22.3 Å². The van der Waals surface area contributed by atoms with E-state index >= 15 is 0 Å². The van der Waals surface area contributed by atoms with Gasteiger partial charge in [0.15, 0.2) is 0 Å². The normalized spacial score (nSPS) is 12.1. The van der Waals surface area contributed by atoms with Crippen molar-refractivity contribution in [3.63, 3.8) is 0 Å². The lowest BCUT2D eigenvalue weighted by Crippen LogP contribution is -2.03. The Morgan fingerprint density at radius 3 is 1.30 bits per heavy atom. The van der Waals surface area contributed by atoms with E-state index in [0.717, 1.165) is 16.7 Å². The van der Waals surface area contributed by atoms with Gasteiger partial charge < -0.3 is 4.74 Å². The highest BCUT2D eigenvalue weighted by molar-refractivity contribution is 7.91. The first-order chi connectivity index (χ1) is 23.7. The third-order valence-corrected chi connectivity index (χ3v) is 12.6. The molecule has 0 heterocycles. The van der Waals surface area contributed by atoms with Crippen molar-refractivity contribution < 1.29 is 34.5 Å². The van der Waals surface area contributed by atoms with Crippen molar-refractivity contribution in [3.05, 3.63) is 162 Å². The van der Waals surface area contributed by atoms with Gasteiger partial charge in [-0.05, 0) is 116 Å². The zero-order valence-electron chi connectivity index (χ0n) is 27.0. The first-order valence-corrected chi connectivity index (χ1v) is 19.8. The van der Waals surface area contributed by atoms with E-state index < -0.39 is 29.8 Å². The fourth-order valence-electron chi connectivity index (χ4n) is 5.38. The van der Waals surface area contributed by atoms with Crippen LogP contribution in [-0.2, 0) is 36.2 Å². The molecule has 254 valence electrons. The van der Waals surface area contributed by atoms with Gasteiger partial charge in [0.05, 0.1) is 19.6 Å². The molecule has 50 heavy (non-hydrogen) atoms. The quantitative estimate of drug-likeness (QED) is 0.140. The minimum atomic E-state index is -4.51. The molecule has 0 saturated heterocycles. The summed E-state index contributed by atoms with van der Waals surface area (Å²) in [6, 6.07) is 37.0. The lowest BCUT2D eigenvalue weighted by molar-refractivity contribution is 0.481. The molecule has 6 aromatic rings. The van der Waals surface area contributed by atoms with Crippen molar-refractivity contribution in [2.45, 2.75) is 44.7 Å². The standard InChI is InChI=1S/C39H32O8S3/c1-27-3-10-31(11-4-27)38-24-9-30(26-39(38)50(44,45)46)25-29-7-18-35(19-8-29)49(42,43)37-22-14-33(15-23-37)47-32-12-20-36(21-13-32)48(40,41)34-16-5-28(2)6-17-34/h3-24,26H,25H2,1-2H3,(H,44,45,46). The van der Waals surface area contributed by atoms with Gasteiger partial charge in [0, 0.05) is 5.56 Å². The van der Waals surface area contributed by atoms with Crippen LogP contribution in [0, 0.1) is 13.8 Å². The third kappa shape index (κ3) is 7.56. The summed E-state index contributed by atoms with van der Waals surface area (Å²) in [7, 11) is -12.1. The van der Waals surface area contributed by atoms with Crippen LogP contribution in [0.3, 0.4) is 0 Å². The smallest absolute Gasteiger partial charge is 0.295 e. The molecule has 0 fully saturated rings. The molecule has 0 spiro atoms. The maximum absolute atomic E-state index is 13.4. The number of benzene rings is 6. The molecule has 0 aliphatic rings. The van der Waals surface area contributed by atoms with Crippen LogP contribution in [0.25, 0.3) is 11.1 Å². The maximum Gasteiger partial charge on any atom is 0.295 e. The van der Waals surface area contributed by atoms with Gasteiger partial charge in [-0.2, -0.15) is 8.42 Å². The molecule has 6 aromatic carbocycles. The maximum atomic E-state index is 13.4. The molecule has 0 atom stereocenters. The van der Waals surface area contributed by atoms with Crippen LogP contribution in [0.4, 0.5) is 0 Å². The summed E-state index contributed by atoms with van der Waals surface area (Å²) in [4.78, 5) is 0.255. The molecule has 0 bridgehead atoms. The van der Waals surface area contributed by atoms with E-state index in [1.807, 2.05) is 26.0 Å². The second kappa shape index (κ2) is 13.7. The van der Waals surface area contributed by atoms with E-state index in [0.29, 0.717) is 34.6 Å². The van der Waals surface area contributed by atoms with Crippen LogP contribution in [0.2, 0.25) is 0 Å². The lowest BCUT2D eigenvalue weighted by Gasteiger charge is -2.11. The monoisotopic (exact) mass is 724 g/mol. The summed E-state index contributed by atoms with van der Waals surface area (Å²) in [5, 5.41) is 0. The lowest BCUT2D eigenvalue weighted by atomic mass is 9.99. The van der Waals surface area contributed by atoms with Crippen LogP contribution in [-0.4, -0.2) is 29.8 Å². The van der Waals surface area contributed by atoms with Crippen LogP contribution >= 0.6 is 0 Å². The molecule has 1 N–H and O–H groups in total. The Morgan fingerprint density at radius 1 is 0.480 bits per heavy atom. The van der Waals surface area contributed by atoms with Crippen molar-refractivity contribution >= 4 is 29.8 Å². The molecule has 0 aliphatic heterocycles. The highest BCUT2D eigenvalue weighted by atomic mass is 32.2. The second-order valence-electron chi connectivity index (χ2n) is 11.9. The summed E-state index contributed by atoms with van der Waals surface area (Å²) in [5.74, 6) is 0.749. The van der Waals surface area contributed by atoms with E-state index in [4.69, 9.17) is 4.74 Å². The number of ether oxygens (including phenoxy) is 1. The van der Waals surface area contributed by atoms with E-state index in [9.17, 15) is 29.8 Å². The summed E-state index contributed by atoms with van der Waals surface area (Å²) in [5.41, 5.74) is 4.39. The highest BCUT2D eigenvalue weighted by Gasteiger charge is 2.21. The molecule has 6 rings (SSSR count). The number of hydrogen-bond donors (Lipinski definition) is 1. The van der Waals surface area contributed by atoms with Gasteiger partial charge in [-0.15, -0.1) is 0 Å². The number of sulfone groups is 2. The number of rotatable bonds is 10. The van der Waals surface area contributed by atoms with Gasteiger partial charge in [-0.1, -0.05) is 71.8 Å². The van der Waals surface area contributed by atoms with Gasteiger partial charge >= 0.3 is 0 Å². The van der Waals surface area contributed by atoms with Crippen LogP contribution in [0.5, 0.6) is 11.5 Å². The van der Waals surface area contributed by atoms with Gasteiger partial charge in [0.25, 0.3) is 10.1 Å². The van der Waals surface area contributed by atoms with Crippen molar-refractivity contribution in [3.8, 4) is 22.6 Å². The van der Waals surface area contributed by atoms with Crippen LogP contribution < -0.4 is 4.74 Å². The Hall–Kier alpha value is -5.07. The van der Waals surface area contributed by atoms with Crippen molar-refractivity contribution in [2.75, 3.05) is 0 Å². The van der Waals surface area contributed by atoms with Gasteiger partial charge in [0.2, 0.25) is 19.7 Å². The fourth-order valence-corrected chi connectivity index (χ4v) is 8.67. The van der Waals surface area contributed by atoms with E-state index in [2.05, 4.69) is 0 Å². The molecule has 0 aromatic heterocycles. The fraction of sp³-hybridized carbons (Fsp3) is 0.0769. The molecule has 11 heteroatoms. The van der Waals surface area contributed by atoms with Crippen molar-refractivity contribution in [1.82, 2.24) is 0 Å². The van der Waals surface area contributed by atoms with Gasteiger partial charge in [0.1, 0.15) is 16.4 Å². The zero-order valence-corrected chi connectivity index (χ0v) is 29.5. The number of aryl methyl sites for hydroxylation is 2. The molecule has 0 unspecified atom stereocenters. The summed E-state index contributed by atoms with van der Waals surface area (Å²) in [6.07, 6.45) is 0.307. The molecule has 0 aliphatic carbocycles. The van der Waals surface area contributed by atoms with Crippen molar-refractivity contribution in [2.24, 2.45) is 0 Å². The molecular weight excluding hydrogens is 693 g/mol. The Labute approximate surface area is 292 Å². The Kier molecular flexibility index (Phi) is 9.52. The van der Waals surface area contributed by atoms with Crippen LogP contribution in [0.15, 0.2) is 164 Å². The Morgan fingerprint density at radius 2 is 0.860 bits per heavy atom. The molecule has 8 nitrogen and oxygen atoms in total. The molecule has 0 radical (unpaired) electrons. The zero-order chi connectivity index (χ0) is 35.7. The highest BCUT2D eigenvalue weighted by Crippen LogP contribution is 2.31. The molecular formula is C39H32O8S3. The SMILES string of the molecule is Cc1ccc(-c2ccc(Cc3ccc(S(=O)(=O)c4ccc(Oc5ccc(S(=O)(=O)c6ccc(C)cc6)cc5)cc4)cc3)cc2S(=O)(=O)O)cc1. The average Bonchev–Trinajstić information content (AvgIpc) is 3.09. The van der Waals surface area contributed by atoms with E-state index in [1.54, 1.807) is 60.7 Å². The average molecular weight is 725 g/mol. The predicted octanol–water partition coefficient (Wildman–Crippen LogP) is 8.27.